The number of halogens is 3. The molecule has 0 radical (unpaired) electrons. The van der Waals surface area contributed by atoms with Crippen LogP contribution in [0.1, 0.15) is 36.8 Å². The second kappa shape index (κ2) is 6.35. The highest BCUT2D eigenvalue weighted by Gasteiger charge is 2.34. The summed E-state index contributed by atoms with van der Waals surface area (Å²) >= 11 is 0. The maximum absolute atomic E-state index is 13.1. The molecule has 0 aromatic heterocycles. The minimum atomic E-state index is -4.48. The Balaban J connectivity index is 2.21. The topological polar surface area (TPSA) is 45.0 Å². The maximum Gasteiger partial charge on any atom is 0.418 e. The Morgan fingerprint density at radius 2 is 2.10 bits per heavy atom. The SMILES string of the molecule is COC1CCCC(Nc2ccc(C#N)cc2C(F)(F)F)C1. The van der Waals surface area contributed by atoms with Gasteiger partial charge < -0.3 is 10.1 Å². The van der Waals surface area contributed by atoms with Gasteiger partial charge in [0.15, 0.2) is 0 Å². The number of nitrogens with one attached hydrogen (secondary N) is 1. The number of benzene rings is 1. The van der Waals surface area contributed by atoms with Crippen LogP contribution in [0.2, 0.25) is 0 Å². The summed E-state index contributed by atoms with van der Waals surface area (Å²) in [5.41, 5.74) is -0.754. The van der Waals surface area contributed by atoms with Gasteiger partial charge in [0.1, 0.15) is 0 Å². The summed E-state index contributed by atoms with van der Waals surface area (Å²) < 4.78 is 44.6. The van der Waals surface area contributed by atoms with E-state index in [-0.39, 0.29) is 23.4 Å². The van der Waals surface area contributed by atoms with E-state index in [2.05, 4.69) is 5.32 Å². The van der Waals surface area contributed by atoms with E-state index in [0.29, 0.717) is 6.42 Å². The average molecular weight is 298 g/mol. The van der Waals surface area contributed by atoms with E-state index in [0.717, 1.165) is 25.3 Å². The number of alkyl halides is 3. The number of anilines is 1. The zero-order chi connectivity index (χ0) is 15.5. The largest absolute Gasteiger partial charge is 0.418 e. The molecule has 1 N–H and O–H groups in total. The lowest BCUT2D eigenvalue weighted by Crippen LogP contribution is -2.31. The van der Waals surface area contributed by atoms with Gasteiger partial charge in [0, 0.05) is 18.8 Å². The molecule has 1 saturated carbocycles. The molecule has 0 spiro atoms. The molecular formula is C15H17F3N2O. The molecule has 0 amide bonds. The van der Waals surface area contributed by atoms with Gasteiger partial charge in [0.2, 0.25) is 0 Å². The van der Waals surface area contributed by atoms with Crippen LogP contribution in [0, 0.1) is 11.3 Å². The Labute approximate surface area is 121 Å². The van der Waals surface area contributed by atoms with E-state index in [9.17, 15) is 13.2 Å². The number of hydrogen-bond donors (Lipinski definition) is 1. The molecule has 0 aliphatic heterocycles. The molecule has 2 rings (SSSR count). The average Bonchev–Trinajstić information content (AvgIpc) is 2.46. The lowest BCUT2D eigenvalue weighted by atomic mass is 9.92. The molecule has 0 bridgehead atoms. The monoisotopic (exact) mass is 298 g/mol. The van der Waals surface area contributed by atoms with Crippen molar-refractivity contribution in [3.05, 3.63) is 29.3 Å². The van der Waals surface area contributed by atoms with Crippen molar-refractivity contribution >= 4 is 5.69 Å². The lowest BCUT2D eigenvalue weighted by Gasteiger charge is -2.30. The molecular weight excluding hydrogens is 281 g/mol. The van der Waals surface area contributed by atoms with E-state index in [1.807, 2.05) is 0 Å². The molecule has 1 aliphatic rings. The first kappa shape index (κ1) is 15.6. The van der Waals surface area contributed by atoms with Gasteiger partial charge in [-0.2, -0.15) is 18.4 Å². The standard InChI is InChI=1S/C15H17F3N2O/c1-21-12-4-2-3-11(8-12)20-14-6-5-10(9-19)7-13(14)15(16,17)18/h5-7,11-12,20H,2-4,8H2,1H3. The van der Waals surface area contributed by atoms with Crippen molar-refractivity contribution in [3.63, 3.8) is 0 Å². The van der Waals surface area contributed by atoms with Crippen LogP contribution in [0.5, 0.6) is 0 Å². The minimum Gasteiger partial charge on any atom is -0.382 e. The highest BCUT2D eigenvalue weighted by molar-refractivity contribution is 5.56. The lowest BCUT2D eigenvalue weighted by molar-refractivity contribution is -0.137. The van der Waals surface area contributed by atoms with Gasteiger partial charge in [-0.05, 0) is 43.9 Å². The van der Waals surface area contributed by atoms with Crippen LogP contribution in [0.25, 0.3) is 0 Å². The number of methoxy groups -OCH3 is 1. The molecule has 1 aliphatic carbocycles. The molecule has 1 aromatic rings. The molecule has 21 heavy (non-hydrogen) atoms. The zero-order valence-corrected chi connectivity index (χ0v) is 11.7. The first-order chi connectivity index (χ1) is 9.94. The van der Waals surface area contributed by atoms with Crippen LogP contribution in [0.15, 0.2) is 18.2 Å². The first-order valence-corrected chi connectivity index (χ1v) is 6.84. The van der Waals surface area contributed by atoms with E-state index >= 15 is 0 Å². The summed E-state index contributed by atoms with van der Waals surface area (Å²) in [4.78, 5) is 0. The van der Waals surface area contributed by atoms with E-state index in [4.69, 9.17) is 10.00 Å². The third kappa shape index (κ3) is 3.88. The highest BCUT2D eigenvalue weighted by Crippen LogP contribution is 2.36. The summed E-state index contributed by atoms with van der Waals surface area (Å²) in [5.74, 6) is 0. The fourth-order valence-electron chi connectivity index (χ4n) is 2.68. The van der Waals surface area contributed by atoms with Crippen molar-refractivity contribution in [3.8, 4) is 6.07 Å². The Kier molecular flexibility index (Phi) is 4.73. The summed E-state index contributed by atoms with van der Waals surface area (Å²) in [6, 6.07) is 5.31. The molecule has 0 saturated heterocycles. The first-order valence-electron chi connectivity index (χ1n) is 6.84. The van der Waals surface area contributed by atoms with Gasteiger partial charge >= 0.3 is 6.18 Å². The van der Waals surface area contributed by atoms with Crippen LogP contribution in [-0.4, -0.2) is 19.3 Å². The maximum atomic E-state index is 13.1. The number of hydrogen-bond acceptors (Lipinski definition) is 3. The number of ether oxygens (including phenoxy) is 1. The third-order valence-corrected chi connectivity index (χ3v) is 3.77. The van der Waals surface area contributed by atoms with Gasteiger partial charge in [-0.15, -0.1) is 0 Å². The Morgan fingerprint density at radius 3 is 2.71 bits per heavy atom. The summed E-state index contributed by atoms with van der Waals surface area (Å²) in [6.45, 7) is 0. The second-order valence-corrected chi connectivity index (χ2v) is 5.24. The number of nitrogens with zero attached hydrogens (tertiary/aromatic N) is 1. The van der Waals surface area contributed by atoms with E-state index < -0.39 is 11.7 Å². The van der Waals surface area contributed by atoms with E-state index in [1.54, 1.807) is 13.2 Å². The van der Waals surface area contributed by atoms with Gasteiger partial charge in [0.25, 0.3) is 0 Å². The van der Waals surface area contributed by atoms with Crippen molar-refractivity contribution < 1.29 is 17.9 Å². The number of rotatable bonds is 3. The quantitative estimate of drug-likeness (QED) is 0.919. The van der Waals surface area contributed by atoms with Crippen molar-refractivity contribution in [2.24, 2.45) is 0 Å². The minimum absolute atomic E-state index is 0.00582. The summed E-state index contributed by atoms with van der Waals surface area (Å²) in [6.07, 6.45) is -1.03. The van der Waals surface area contributed by atoms with Gasteiger partial charge in [0.05, 0.1) is 23.3 Å². The second-order valence-electron chi connectivity index (χ2n) is 5.24. The molecule has 1 aromatic carbocycles. The molecule has 1 fully saturated rings. The Morgan fingerprint density at radius 1 is 1.33 bits per heavy atom. The number of nitriles is 1. The summed E-state index contributed by atoms with van der Waals surface area (Å²) in [7, 11) is 1.62. The fraction of sp³-hybridized carbons (Fsp3) is 0.533. The predicted molar refractivity (Wildman–Crippen MR) is 72.8 cm³/mol. The van der Waals surface area contributed by atoms with Crippen molar-refractivity contribution in [1.82, 2.24) is 0 Å². The predicted octanol–water partition coefficient (Wildman–Crippen LogP) is 3.95. The van der Waals surface area contributed by atoms with Crippen molar-refractivity contribution in [1.29, 1.82) is 5.26 Å². The van der Waals surface area contributed by atoms with Crippen molar-refractivity contribution in [2.75, 3.05) is 12.4 Å². The molecule has 3 nitrogen and oxygen atoms in total. The zero-order valence-electron chi connectivity index (χ0n) is 11.7. The Bertz CT molecular complexity index is 537. The normalized spacial score (nSPS) is 22.6. The molecule has 6 heteroatoms. The van der Waals surface area contributed by atoms with Gasteiger partial charge in [-0.3, -0.25) is 0 Å². The van der Waals surface area contributed by atoms with Gasteiger partial charge in [-0.1, -0.05) is 0 Å². The van der Waals surface area contributed by atoms with Gasteiger partial charge in [-0.25, -0.2) is 0 Å². The molecule has 114 valence electrons. The molecule has 2 unspecified atom stereocenters. The fourth-order valence-corrected chi connectivity index (χ4v) is 2.68. The third-order valence-electron chi connectivity index (χ3n) is 3.77. The highest BCUT2D eigenvalue weighted by atomic mass is 19.4. The molecule has 0 heterocycles. The van der Waals surface area contributed by atoms with Crippen LogP contribution in [-0.2, 0) is 10.9 Å². The van der Waals surface area contributed by atoms with Crippen LogP contribution >= 0.6 is 0 Å². The van der Waals surface area contributed by atoms with Crippen molar-refractivity contribution in [2.45, 2.75) is 44.0 Å². The van der Waals surface area contributed by atoms with Crippen LogP contribution in [0.3, 0.4) is 0 Å². The molecule has 2 atom stereocenters. The van der Waals surface area contributed by atoms with E-state index in [1.165, 1.54) is 12.1 Å². The smallest absolute Gasteiger partial charge is 0.382 e. The Hall–Kier alpha value is -1.74. The summed E-state index contributed by atoms with van der Waals surface area (Å²) in [5, 5.41) is 11.7. The van der Waals surface area contributed by atoms with Crippen LogP contribution < -0.4 is 5.32 Å². The van der Waals surface area contributed by atoms with Crippen LogP contribution in [0.4, 0.5) is 18.9 Å².